The molecule has 2 amide bonds. The van der Waals surface area contributed by atoms with Crippen molar-refractivity contribution in [3.05, 3.63) is 35.4 Å². The summed E-state index contributed by atoms with van der Waals surface area (Å²) in [7, 11) is -1.53. The van der Waals surface area contributed by atoms with Gasteiger partial charge in [0.05, 0.1) is 17.7 Å². The number of esters is 3. The highest BCUT2D eigenvalue weighted by atomic mass is 28.3. The van der Waals surface area contributed by atoms with E-state index in [4.69, 9.17) is 33.2 Å². The van der Waals surface area contributed by atoms with E-state index in [1.165, 1.54) is 12.1 Å². The number of hydrogen-bond acceptors (Lipinski definition) is 15. The van der Waals surface area contributed by atoms with Gasteiger partial charge in [-0.15, -0.1) is 0 Å². The third kappa shape index (κ3) is 8.64. The third-order valence-electron chi connectivity index (χ3n) is 8.02. The van der Waals surface area contributed by atoms with Crippen LogP contribution in [-0.2, 0) is 47.5 Å². The van der Waals surface area contributed by atoms with Crippen LogP contribution in [0.2, 0.25) is 25.7 Å². The molecule has 2 fully saturated rings. The fraction of sp³-hybridized carbons (Fsp3) is 0.645. The lowest BCUT2D eigenvalue weighted by atomic mass is 9.94. The van der Waals surface area contributed by atoms with E-state index >= 15 is 0 Å². The lowest BCUT2D eigenvalue weighted by molar-refractivity contribution is -0.323. The minimum absolute atomic E-state index is 0.0513. The van der Waals surface area contributed by atoms with Gasteiger partial charge in [-0.25, -0.2) is 0 Å². The van der Waals surface area contributed by atoms with Gasteiger partial charge in [0.25, 0.3) is 11.8 Å². The first-order valence-electron chi connectivity index (χ1n) is 15.5. The SMILES string of the molecule is CC(=O)OC[C@H]1O[C@@H](OC[C@H]2O[C@@H](OCC[Si](C)(C)C)[C@H](O)[C@@H](O)[C@H]2O)[C@H](N2C(=O)c3ccccc3C2=O)[C@@H](OC(C)=O)[C@@H]1OC(C)=O. The topological polar surface area (TPSA) is 214 Å². The monoisotopic (exact) mass is 697 g/mol. The van der Waals surface area contributed by atoms with Gasteiger partial charge in [0.1, 0.15) is 43.2 Å². The fourth-order valence-corrected chi connectivity index (χ4v) is 6.37. The van der Waals surface area contributed by atoms with Gasteiger partial charge >= 0.3 is 17.9 Å². The fourth-order valence-electron chi connectivity index (χ4n) is 5.64. The number of ether oxygens (including phenoxy) is 7. The normalized spacial score (nSPS) is 32.1. The molecule has 0 saturated carbocycles. The molecular weight excluding hydrogens is 654 g/mol. The van der Waals surface area contributed by atoms with Crippen molar-refractivity contribution in [3.8, 4) is 0 Å². The summed E-state index contributed by atoms with van der Waals surface area (Å²) in [6.07, 6.45) is -13.7. The second-order valence-corrected chi connectivity index (χ2v) is 18.7. The second-order valence-electron chi connectivity index (χ2n) is 13.0. The molecular formula is C31H43NO15Si. The molecule has 1 aromatic carbocycles. The summed E-state index contributed by atoms with van der Waals surface area (Å²) in [5.74, 6) is -3.97. The molecule has 0 aromatic heterocycles. The van der Waals surface area contributed by atoms with Crippen LogP contribution >= 0.6 is 0 Å². The van der Waals surface area contributed by atoms with E-state index in [0.717, 1.165) is 31.7 Å². The van der Waals surface area contributed by atoms with Crippen molar-refractivity contribution >= 4 is 37.8 Å². The van der Waals surface area contributed by atoms with Crippen molar-refractivity contribution in [2.45, 2.75) is 108 Å². The lowest BCUT2D eigenvalue weighted by Crippen LogP contribution is -2.68. The Bertz CT molecular complexity index is 1330. The van der Waals surface area contributed by atoms with Crippen LogP contribution in [0.5, 0.6) is 0 Å². The molecule has 266 valence electrons. The van der Waals surface area contributed by atoms with E-state index in [0.29, 0.717) is 0 Å². The van der Waals surface area contributed by atoms with E-state index in [2.05, 4.69) is 19.6 Å². The first-order chi connectivity index (χ1) is 22.5. The summed E-state index contributed by atoms with van der Waals surface area (Å²) < 4.78 is 39.8. The Hall–Kier alpha value is -3.29. The van der Waals surface area contributed by atoms with Crippen molar-refractivity contribution in [1.29, 1.82) is 0 Å². The summed E-state index contributed by atoms with van der Waals surface area (Å²) in [6.45, 7) is 8.81. The molecule has 3 N–H and O–H groups in total. The Labute approximate surface area is 278 Å². The highest BCUT2D eigenvalue weighted by molar-refractivity contribution is 6.76. The molecule has 4 rings (SSSR count). The zero-order valence-electron chi connectivity index (χ0n) is 27.6. The maximum atomic E-state index is 13.7. The summed E-state index contributed by atoms with van der Waals surface area (Å²) in [4.78, 5) is 64.6. The van der Waals surface area contributed by atoms with Gasteiger partial charge in [0.15, 0.2) is 24.8 Å². The average Bonchev–Trinajstić information content (AvgIpc) is 3.24. The Morgan fingerprint density at radius 3 is 1.85 bits per heavy atom. The van der Waals surface area contributed by atoms with Crippen molar-refractivity contribution < 1.29 is 72.5 Å². The van der Waals surface area contributed by atoms with Crippen molar-refractivity contribution in [3.63, 3.8) is 0 Å². The summed E-state index contributed by atoms with van der Waals surface area (Å²) in [6, 6.07) is 5.13. The zero-order chi connectivity index (χ0) is 35.5. The van der Waals surface area contributed by atoms with E-state index < -0.39 is 112 Å². The number of aliphatic hydroxyl groups is 3. The molecule has 0 radical (unpaired) electrons. The summed E-state index contributed by atoms with van der Waals surface area (Å²) in [5.41, 5.74) is 0.103. The van der Waals surface area contributed by atoms with Crippen LogP contribution in [0.3, 0.4) is 0 Å². The van der Waals surface area contributed by atoms with Crippen LogP contribution in [0.15, 0.2) is 24.3 Å². The molecule has 0 spiro atoms. The maximum absolute atomic E-state index is 13.7. The number of fused-ring (bicyclic) bond motifs is 1. The number of aliphatic hydroxyl groups excluding tert-OH is 3. The highest BCUT2D eigenvalue weighted by Gasteiger charge is 2.57. The quantitative estimate of drug-likeness (QED) is 0.113. The number of amides is 2. The van der Waals surface area contributed by atoms with Gasteiger partial charge in [0, 0.05) is 35.5 Å². The minimum Gasteiger partial charge on any atom is -0.463 e. The van der Waals surface area contributed by atoms with Crippen molar-refractivity contribution in [2.75, 3.05) is 19.8 Å². The Balaban J connectivity index is 1.68. The number of carbonyl (C=O) groups excluding carboxylic acids is 5. The smallest absolute Gasteiger partial charge is 0.303 e. The van der Waals surface area contributed by atoms with Crippen LogP contribution in [0.1, 0.15) is 41.5 Å². The predicted molar refractivity (Wildman–Crippen MR) is 164 cm³/mol. The lowest BCUT2D eigenvalue weighted by Gasteiger charge is -2.47. The van der Waals surface area contributed by atoms with Crippen molar-refractivity contribution in [1.82, 2.24) is 4.90 Å². The van der Waals surface area contributed by atoms with Crippen LogP contribution in [-0.4, -0.2) is 139 Å². The van der Waals surface area contributed by atoms with E-state index in [-0.39, 0.29) is 17.7 Å². The molecule has 10 atom stereocenters. The van der Waals surface area contributed by atoms with Gasteiger partial charge in [-0.2, -0.15) is 0 Å². The number of rotatable bonds is 12. The number of carbonyl (C=O) groups is 5. The van der Waals surface area contributed by atoms with Crippen LogP contribution in [0.4, 0.5) is 0 Å². The molecule has 2 saturated heterocycles. The Morgan fingerprint density at radius 2 is 1.31 bits per heavy atom. The predicted octanol–water partition coefficient (Wildman–Crippen LogP) is -0.0184. The van der Waals surface area contributed by atoms with Gasteiger partial charge in [-0.05, 0) is 18.2 Å². The summed E-state index contributed by atoms with van der Waals surface area (Å²) in [5, 5.41) is 31.9. The first-order valence-corrected chi connectivity index (χ1v) is 19.2. The third-order valence-corrected chi connectivity index (χ3v) is 9.72. The number of benzene rings is 1. The largest absolute Gasteiger partial charge is 0.463 e. The number of hydrogen-bond donors (Lipinski definition) is 3. The van der Waals surface area contributed by atoms with E-state index in [1.807, 2.05) is 0 Å². The van der Waals surface area contributed by atoms with Crippen LogP contribution in [0.25, 0.3) is 0 Å². The molecule has 3 aliphatic heterocycles. The van der Waals surface area contributed by atoms with E-state index in [9.17, 15) is 39.3 Å². The second kappa shape index (κ2) is 15.5. The molecule has 48 heavy (non-hydrogen) atoms. The van der Waals surface area contributed by atoms with Gasteiger partial charge < -0.3 is 48.5 Å². The molecule has 17 heteroatoms. The van der Waals surface area contributed by atoms with Crippen LogP contribution < -0.4 is 0 Å². The average molecular weight is 698 g/mol. The highest BCUT2D eigenvalue weighted by Crippen LogP contribution is 2.36. The molecule has 0 bridgehead atoms. The molecule has 3 aliphatic rings. The Morgan fingerprint density at radius 1 is 0.750 bits per heavy atom. The number of nitrogens with zero attached hydrogens (tertiary/aromatic N) is 1. The van der Waals surface area contributed by atoms with Crippen molar-refractivity contribution in [2.24, 2.45) is 0 Å². The summed E-state index contributed by atoms with van der Waals surface area (Å²) >= 11 is 0. The standard InChI is InChI=1S/C31H43NO15Si/c1-15(33)42-14-21-26(44-16(2)34)27(45-17(3)35)22(32-28(39)18-9-7-8-10-19(18)29(32)40)30(47-21)43-13-20-23(36)24(37)25(38)31(46-20)41-11-12-48(4,5)6/h7-10,20-27,30-31,36-38H,11-14H2,1-6H3/t20-,21-,22-,23+,24+,25-,26-,27-,30-,31-/m1/s1. The van der Waals surface area contributed by atoms with Crippen LogP contribution in [0, 0.1) is 0 Å². The number of imide groups is 1. The Kier molecular flexibility index (Phi) is 12.1. The molecule has 3 heterocycles. The molecule has 16 nitrogen and oxygen atoms in total. The first kappa shape index (κ1) is 37.5. The molecule has 1 aromatic rings. The van der Waals surface area contributed by atoms with Gasteiger partial charge in [0.2, 0.25) is 0 Å². The van der Waals surface area contributed by atoms with E-state index in [1.54, 1.807) is 12.1 Å². The molecule has 0 unspecified atom stereocenters. The molecule has 0 aliphatic carbocycles. The van der Waals surface area contributed by atoms with Gasteiger partial charge in [-0.1, -0.05) is 31.8 Å². The minimum atomic E-state index is -1.69. The maximum Gasteiger partial charge on any atom is 0.303 e. The van der Waals surface area contributed by atoms with Gasteiger partial charge in [-0.3, -0.25) is 28.9 Å². The zero-order valence-corrected chi connectivity index (χ0v) is 28.6.